The minimum absolute atomic E-state index is 0.165. The zero-order chi connectivity index (χ0) is 15.5. The van der Waals surface area contributed by atoms with Crippen LogP contribution in [-0.2, 0) is 20.7 Å². The third kappa shape index (κ3) is 7.31. The van der Waals surface area contributed by atoms with Crippen molar-refractivity contribution in [1.29, 1.82) is 0 Å². The van der Waals surface area contributed by atoms with Crippen LogP contribution in [0.5, 0.6) is 5.75 Å². The van der Waals surface area contributed by atoms with E-state index in [1.54, 1.807) is 14.2 Å². The molecule has 21 heavy (non-hydrogen) atoms. The molecule has 0 saturated carbocycles. The number of methoxy groups -OCH3 is 2. The van der Waals surface area contributed by atoms with Crippen LogP contribution in [0.25, 0.3) is 0 Å². The first-order chi connectivity index (χ1) is 10.2. The molecule has 0 heterocycles. The number of ether oxygens (including phenoxy) is 2. The predicted octanol–water partition coefficient (Wildman–Crippen LogP) is 0.507. The Hall–Kier alpha value is -2.08. The Balaban J connectivity index is 2.22. The van der Waals surface area contributed by atoms with Crippen LogP contribution in [0.4, 0.5) is 0 Å². The topological polar surface area (TPSA) is 76.7 Å². The van der Waals surface area contributed by atoms with Crippen molar-refractivity contribution in [2.45, 2.75) is 12.8 Å². The van der Waals surface area contributed by atoms with Crippen molar-refractivity contribution in [1.82, 2.24) is 10.6 Å². The molecule has 6 nitrogen and oxygen atoms in total. The molecular formula is C15H22N2O4. The molecule has 0 aliphatic rings. The van der Waals surface area contributed by atoms with Crippen LogP contribution in [-0.4, -0.2) is 45.7 Å². The Bertz CT molecular complexity index is 463. The molecule has 1 aromatic carbocycles. The normalized spacial score (nSPS) is 10.0. The van der Waals surface area contributed by atoms with Crippen molar-refractivity contribution in [3.63, 3.8) is 0 Å². The van der Waals surface area contributed by atoms with E-state index in [2.05, 4.69) is 10.6 Å². The van der Waals surface area contributed by atoms with Crippen LogP contribution < -0.4 is 15.4 Å². The maximum Gasteiger partial charge on any atom is 0.229 e. The summed E-state index contributed by atoms with van der Waals surface area (Å²) in [5.41, 5.74) is 1.07. The molecule has 1 aromatic rings. The summed E-state index contributed by atoms with van der Waals surface area (Å²) in [6, 6.07) is 7.65. The Labute approximate surface area is 124 Å². The molecule has 0 bridgehead atoms. The second kappa shape index (κ2) is 9.77. The van der Waals surface area contributed by atoms with Crippen molar-refractivity contribution >= 4 is 11.8 Å². The number of benzene rings is 1. The third-order valence-electron chi connectivity index (χ3n) is 2.82. The SMILES string of the molecule is COCCNC(=O)CC(=O)NCCc1cccc(OC)c1. The van der Waals surface area contributed by atoms with Gasteiger partial charge in [-0.05, 0) is 24.1 Å². The summed E-state index contributed by atoms with van der Waals surface area (Å²) in [5.74, 6) is 0.204. The van der Waals surface area contributed by atoms with Crippen molar-refractivity contribution in [2.75, 3.05) is 33.9 Å². The highest BCUT2D eigenvalue weighted by molar-refractivity contribution is 5.96. The number of nitrogens with one attached hydrogen (secondary N) is 2. The van der Waals surface area contributed by atoms with E-state index in [0.717, 1.165) is 11.3 Å². The number of amides is 2. The van der Waals surface area contributed by atoms with E-state index in [0.29, 0.717) is 26.1 Å². The van der Waals surface area contributed by atoms with Gasteiger partial charge in [0.25, 0.3) is 0 Å². The van der Waals surface area contributed by atoms with Gasteiger partial charge in [0, 0.05) is 20.2 Å². The number of hydrogen-bond donors (Lipinski definition) is 2. The molecule has 0 aliphatic carbocycles. The fourth-order valence-electron chi connectivity index (χ4n) is 1.74. The summed E-state index contributed by atoms with van der Waals surface area (Å²) in [6.45, 7) is 1.33. The standard InChI is InChI=1S/C15H22N2O4/c1-20-9-8-17-15(19)11-14(18)16-7-6-12-4-3-5-13(10-12)21-2/h3-5,10H,6-9,11H2,1-2H3,(H,16,18)(H,17,19). The van der Waals surface area contributed by atoms with Gasteiger partial charge in [0.1, 0.15) is 12.2 Å². The van der Waals surface area contributed by atoms with E-state index in [-0.39, 0.29) is 18.2 Å². The maximum absolute atomic E-state index is 11.6. The van der Waals surface area contributed by atoms with E-state index < -0.39 is 0 Å². The lowest BCUT2D eigenvalue weighted by molar-refractivity contribution is -0.129. The van der Waals surface area contributed by atoms with Crippen LogP contribution in [0.15, 0.2) is 24.3 Å². The molecule has 2 N–H and O–H groups in total. The van der Waals surface area contributed by atoms with Gasteiger partial charge in [-0.1, -0.05) is 12.1 Å². The molecular weight excluding hydrogens is 272 g/mol. The second-order valence-corrected chi connectivity index (χ2v) is 4.47. The number of hydrogen-bond acceptors (Lipinski definition) is 4. The smallest absolute Gasteiger partial charge is 0.229 e. The van der Waals surface area contributed by atoms with Crippen molar-refractivity contribution in [3.05, 3.63) is 29.8 Å². The average Bonchev–Trinajstić information content (AvgIpc) is 2.47. The van der Waals surface area contributed by atoms with E-state index >= 15 is 0 Å². The molecule has 2 amide bonds. The van der Waals surface area contributed by atoms with E-state index in [4.69, 9.17) is 9.47 Å². The molecule has 1 rings (SSSR count). The average molecular weight is 294 g/mol. The highest BCUT2D eigenvalue weighted by atomic mass is 16.5. The van der Waals surface area contributed by atoms with Crippen LogP contribution in [0.2, 0.25) is 0 Å². The van der Waals surface area contributed by atoms with Gasteiger partial charge < -0.3 is 20.1 Å². The van der Waals surface area contributed by atoms with E-state index in [9.17, 15) is 9.59 Å². The maximum atomic E-state index is 11.6. The van der Waals surface area contributed by atoms with Gasteiger partial charge in [0.05, 0.1) is 13.7 Å². The molecule has 0 unspecified atom stereocenters. The zero-order valence-corrected chi connectivity index (χ0v) is 12.5. The van der Waals surface area contributed by atoms with E-state index in [1.165, 1.54) is 0 Å². The Kier molecular flexibility index (Phi) is 7.89. The van der Waals surface area contributed by atoms with Crippen LogP contribution >= 0.6 is 0 Å². The predicted molar refractivity (Wildman–Crippen MR) is 79.2 cm³/mol. The van der Waals surface area contributed by atoms with Crippen molar-refractivity contribution in [3.8, 4) is 5.75 Å². The quantitative estimate of drug-likeness (QED) is 0.514. The molecule has 0 spiro atoms. The minimum atomic E-state index is -0.300. The summed E-state index contributed by atoms with van der Waals surface area (Å²) in [4.78, 5) is 23.0. The summed E-state index contributed by atoms with van der Waals surface area (Å²) >= 11 is 0. The van der Waals surface area contributed by atoms with Crippen LogP contribution in [0, 0.1) is 0 Å². The summed E-state index contributed by atoms with van der Waals surface area (Å²) in [6.07, 6.45) is 0.524. The Morgan fingerprint density at radius 1 is 1.10 bits per heavy atom. The molecule has 0 aliphatic heterocycles. The lowest BCUT2D eigenvalue weighted by Crippen LogP contribution is -2.34. The van der Waals surface area contributed by atoms with Gasteiger partial charge >= 0.3 is 0 Å². The van der Waals surface area contributed by atoms with Gasteiger partial charge in [-0.2, -0.15) is 0 Å². The summed E-state index contributed by atoms with van der Waals surface area (Å²) in [7, 11) is 3.17. The summed E-state index contributed by atoms with van der Waals surface area (Å²) < 4.78 is 9.94. The van der Waals surface area contributed by atoms with E-state index in [1.807, 2.05) is 24.3 Å². The Morgan fingerprint density at radius 2 is 1.81 bits per heavy atom. The number of carbonyl (C=O) groups excluding carboxylic acids is 2. The number of rotatable bonds is 9. The molecule has 0 atom stereocenters. The molecule has 116 valence electrons. The Morgan fingerprint density at radius 3 is 2.48 bits per heavy atom. The van der Waals surface area contributed by atoms with Gasteiger partial charge in [-0.25, -0.2) is 0 Å². The molecule has 0 saturated heterocycles. The molecule has 0 fully saturated rings. The fraction of sp³-hybridized carbons (Fsp3) is 0.467. The van der Waals surface area contributed by atoms with Crippen LogP contribution in [0.3, 0.4) is 0 Å². The van der Waals surface area contributed by atoms with Crippen LogP contribution in [0.1, 0.15) is 12.0 Å². The zero-order valence-electron chi connectivity index (χ0n) is 12.5. The minimum Gasteiger partial charge on any atom is -0.497 e. The first-order valence-corrected chi connectivity index (χ1v) is 6.81. The lowest BCUT2D eigenvalue weighted by atomic mass is 10.1. The van der Waals surface area contributed by atoms with Crippen molar-refractivity contribution < 1.29 is 19.1 Å². The first-order valence-electron chi connectivity index (χ1n) is 6.81. The van der Waals surface area contributed by atoms with Gasteiger partial charge in [0.2, 0.25) is 11.8 Å². The molecule has 0 aromatic heterocycles. The molecule has 0 radical (unpaired) electrons. The highest BCUT2D eigenvalue weighted by Gasteiger charge is 2.08. The van der Waals surface area contributed by atoms with Gasteiger partial charge in [-0.3, -0.25) is 9.59 Å². The van der Waals surface area contributed by atoms with Crippen molar-refractivity contribution in [2.24, 2.45) is 0 Å². The number of carbonyl (C=O) groups is 2. The molecule has 6 heteroatoms. The third-order valence-corrected chi connectivity index (χ3v) is 2.82. The lowest BCUT2D eigenvalue weighted by Gasteiger charge is -2.07. The monoisotopic (exact) mass is 294 g/mol. The summed E-state index contributed by atoms with van der Waals surface area (Å²) in [5, 5.41) is 5.31. The fourth-order valence-corrected chi connectivity index (χ4v) is 1.74. The second-order valence-electron chi connectivity index (χ2n) is 4.47. The largest absolute Gasteiger partial charge is 0.497 e. The highest BCUT2D eigenvalue weighted by Crippen LogP contribution is 2.12. The first kappa shape index (κ1) is 17.0. The van der Waals surface area contributed by atoms with Gasteiger partial charge in [0.15, 0.2) is 0 Å². The van der Waals surface area contributed by atoms with Gasteiger partial charge in [-0.15, -0.1) is 0 Å².